The van der Waals surface area contributed by atoms with E-state index in [2.05, 4.69) is 17.6 Å². The molecule has 2 heterocycles. The van der Waals surface area contributed by atoms with Gasteiger partial charge in [0.1, 0.15) is 6.04 Å². The Labute approximate surface area is 115 Å². The summed E-state index contributed by atoms with van der Waals surface area (Å²) in [5.74, 6) is 0.195. The lowest BCUT2D eigenvalue weighted by Crippen LogP contribution is -2.61. The van der Waals surface area contributed by atoms with Gasteiger partial charge in [0.25, 0.3) is 0 Å². The van der Waals surface area contributed by atoms with Gasteiger partial charge in [-0.05, 0) is 38.8 Å². The van der Waals surface area contributed by atoms with Gasteiger partial charge in [-0.2, -0.15) is 0 Å². The number of hydrogen-bond donors (Lipinski definition) is 2. The molecule has 0 bridgehead atoms. The molecular formula is C14H25N3O2. The summed E-state index contributed by atoms with van der Waals surface area (Å²) in [6, 6.07) is -0.278. The highest BCUT2D eigenvalue weighted by molar-refractivity contribution is 5.91. The fourth-order valence-electron chi connectivity index (χ4n) is 3.29. The molecule has 2 aliphatic rings. The standard InChI is InChI=1S/C14H25N3O2/c1-3-11-12(18)16-9-10-17(11)13(19)14(4-2)5-7-15-8-6-14/h11,15H,3-10H2,1-2H3,(H,16,18). The van der Waals surface area contributed by atoms with Crippen LogP contribution in [-0.2, 0) is 9.59 Å². The Hall–Kier alpha value is -1.10. The van der Waals surface area contributed by atoms with Crippen LogP contribution in [0.2, 0.25) is 0 Å². The monoisotopic (exact) mass is 267 g/mol. The summed E-state index contributed by atoms with van der Waals surface area (Å²) >= 11 is 0. The third kappa shape index (κ3) is 2.61. The van der Waals surface area contributed by atoms with Gasteiger partial charge in [-0.1, -0.05) is 13.8 Å². The van der Waals surface area contributed by atoms with E-state index in [9.17, 15) is 9.59 Å². The highest BCUT2D eigenvalue weighted by Crippen LogP contribution is 2.35. The fraction of sp³-hybridized carbons (Fsp3) is 0.857. The Morgan fingerprint density at radius 1 is 1.32 bits per heavy atom. The summed E-state index contributed by atoms with van der Waals surface area (Å²) < 4.78 is 0. The van der Waals surface area contributed by atoms with E-state index >= 15 is 0 Å². The zero-order valence-corrected chi connectivity index (χ0v) is 12.0. The maximum atomic E-state index is 12.9. The number of carbonyl (C=O) groups is 2. The van der Waals surface area contributed by atoms with Gasteiger partial charge in [0.15, 0.2) is 0 Å². The molecule has 19 heavy (non-hydrogen) atoms. The van der Waals surface area contributed by atoms with Gasteiger partial charge in [0.05, 0.1) is 5.41 Å². The first-order valence-electron chi connectivity index (χ1n) is 7.44. The Bertz CT molecular complexity index is 351. The average Bonchev–Trinajstić information content (AvgIpc) is 2.47. The van der Waals surface area contributed by atoms with Gasteiger partial charge in [-0.3, -0.25) is 9.59 Å². The van der Waals surface area contributed by atoms with Gasteiger partial charge in [0, 0.05) is 13.1 Å². The summed E-state index contributed by atoms with van der Waals surface area (Å²) in [6.07, 6.45) is 3.32. The summed E-state index contributed by atoms with van der Waals surface area (Å²) in [6.45, 7) is 7.09. The lowest BCUT2D eigenvalue weighted by Gasteiger charge is -2.43. The minimum Gasteiger partial charge on any atom is -0.353 e. The van der Waals surface area contributed by atoms with Crippen molar-refractivity contribution in [3.63, 3.8) is 0 Å². The van der Waals surface area contributed by atoms with Gasteiger partial charge >= 0.3 is 0 Å². The van der Waals surface area contributed by atoms with Crippen LogP contribution in [-0.4, -0.2) is 48.9 Å². The van der Waals surface area contributed by atoms with Crippen LogP contribution in [0.15, 0.2) is 0 Å². The number of carbonyl (C=O) groups excluding carboxylic acids is 2. The molecule has 2 saturated heterocycles. The maximum Gasteiger partial charge on any atom is 0.242 e. The second-order valence-corrected chi connectivity index (χ2v) is 5.60. The van der Waals surface area contributed by atoms with Crippen LogP contribution in [0, 0.1) is 5.41 Å². The van der Waals surface area contributed by atoms with E-state index in [0.717, 1.165) is 32.4 Å². The Morgan fingerprint density at radius 2 is 2.00 bits per heavy atom. The van der Waals surface area contributed by atoms with Crippen molar-refractivity contribution in [1.82, 2.24) is 15.5 Å². The van der Waals surface area contributed by atoms with Crippen LogP contribution in [0.3, 0.4) is 0 Å². The molecular weight excluding hydrogens is 242 g/mol. The highest BCUT2D eigenvalue weighted by atomic mass is 16.2. The zero-order chi connectivity index (χ0) is 13.9. The number of nitrogens with one attached hydrogen (secondary N) is 2. The molecule has 2 N–H and O–H groups in total. The third-order valence-electron chi connectivity index (χ3n) is 4.67. The van der Waals surface area contributed by atoms with Crippen LogP contribution in [0.5, 0.6) is 0 Å². The van der Waals surface area contributed by atoms with E-state index in [-0.39, 0.29) is 23.3 Å². The summed E-state index contributed by atoms with van der Waals surface area (Å²) in [7, 11) is 0. The van der Waals surface area contributed by atoms with Crippen molar-refractivity contribution < 1.29 is 9.59 Å². The highest BCUT2D eigenvalue weighted by Gasteiger charge is 2.44. The van der Waals surface area contributed by atoms with E-state index < -0.39 is 0 Å². The van der Waals surface area contributed by atoms with Crippen molar-refractivity contribution in [3.05, 3.63) is 0 Å². The van der Waals surface area contributed by atoms with Crippen molar-refractivity contribution in [2.24, 2.45) is 5.41 Å². The SMILES string of the molecule is CCC1C(=O)NCCN1C(=O)C1(CC)CCNCC1. The van der Waals surface area contributed by atoms with E-state index in [1.165, 1.54) is 0 Å². The number of piperazine rings is 1. The number of rotatable bonds is 3. The van der Waals surface area contributed by atoms with Gasteiger partial charge in [0.2, 0.25) is 11.8 Å². The van der Waals surface area contributed by atoms with E-state index in [0.29, 0.717) is 19.5 Å². The van der Waals surface area contributed by atoms with E-state index in [1.54, 1.807) is 0 Å². The third-order valence-corrected chi connectivity index (χ3v) is 4.67. The van der Waals surface area contributed by atoms with Crippen molar-refractivity contribution in [2.45, 2.75) is 45.6 Å². The minimum absolute atomic E-state index is 0.00212. The number of hydrogen-bond acceptors (Lipinski definition) is 3. The van der Waals surface area contributed by atoms with Crippen molar-refractivity contribution in [3.8, 4) is 0 Å². The predicted octanol–water partition coefficient (Wildman–Crippen LogP) is 0.503. The molecule has 2 fully saturated rings. The average molecular weight is 267 g/mol. The number of piperidine rings is 1. The van der Waals surface area contributed by atoms with Crippen LogP contribution in [0.25, 0.3) is 0 Å². The second kappa shape index (κ2) is 5.90. The predicted molar refractivity (Wildman–Crippen MR) is 73.6 cm³/mol. The Morgan fingerprint density at radius 3 is 2.58 bits per heavy atom. The number of amides is 2. The molecule has 0 aliphatic carbocycles. The van der Waals surface area contributed by atoms with Crippen LogP contribution < -0.4 is 10.6 Å². The summed E-state index contributed by atoms with van der Waals surface area (Å²) in [4.78, 5) is 26.7. The van der Waals surface area contributed by atoms with Crippen LogP contribution in [0.1, 0.15) is 39.5 Å². The van der Waals surface area contributed by atoms with Gasteiger partial charge < -0.3 is 15.5 Å². The maximum absolute atomic E-state index is 12.9. The summed E-state index contributed by atoms with van der Waals surface area (Å²) in [5.41, 5.74) is -0.254. The molecule has 0 aromatic carbocycles. The van der Waals surface area contributed by atoms with E-state index in [1.807, 2.05) is 11.8 Å². The molecule has 0 aromatic rings. The lowest BCUT2D eigenvalue weighted by molar-refractivity contribution is -0.153. The molecule has 0 radical (unpaired) electrons. The Kier molecular flexibility index (Phi) is 4.45. The molecule has 2 rings (SSSR count). The first-order chi connectivity index (χ1) is 9.14. The van der Waals surface area contributed by atoms with Crippen molar-refractivity contribution in [1.29, 1.82) is 0 Å². The smallest absolute Gasteiger partial charge is 0.242 e. The quantitative estimate of drug-likeness (QED) is 0.783. The normalized spacial score (nSPS) is 26.9. The number of nitrogens with zero attached hydrogens (tertiary/aromatic N) is 1. The topological polar surface area (TPSA) is 61.4 Å². The minimum atomic E-state index is -0.278. The second-order valence-electron chi connectivity index (χ2n) is 5.60. The van der Waals surface area contributed by atoms with Crippen molar-refractivity contribution in [2.75, 3.05) is 26.2 Å². The molecule has 0 aromatic heterocycles. The Balaban J connectivity index is 2.18. The van der Waals surface area contributed by atoms with Crippen LogP contribution >= 0.6 is 0 Å². The molecule has 0 saturated carbocycles. The lowest BCUT2D eigenvalue weighted by atomic mass is 9.75. The molecule has 2 aliphatic heterocycles. The zero-order valence-electron chi connectivity index (χ0n) is 12.0. The molecule has 0 spiro atoms. The first kappa shape index (κ1) is 14.3. The fourth-order valence-corrected chi connectivity index (χ4v) is 3.29. The molecule has 5 heteroatoms. The molecule has 5 nitrogen and oxygen atoms in total. The van der Waals surface area contributed by atoms with E-state index in [4.69, 9.17) is 0 Å². The molecule has 1 atom stereocenters. The van der Waals surface area contributed by atoms with Gasteiger partial charge in [-0.25, -0.2) is 0 Å². The molecule has 108 valence electrons. The molecule has 1 unspecified atom stereocenters. The molecule has 2 amide bonds. The summed E-state index contributed by atoms with van der Waals surface area (Å²) in [5, 5.41) is 6.17. The largest absolute Gasteiger partial charge is 0.353 e. The van der Waals surface area contributed by atoms with Crippen LogP contribution in [0.4, 0.5) is 0 Å². The first-order valence-corrected chi connectivity index (χ1v) is 7.44. The van der Waals surface area contributed by atoms with Crippen molar-refractivity contribution >= 4 is 11.8 Å². The van der Waals surface area contributed by atoms with Gasteiger partial charge in [-0.15, -0.1) is 0 Å².